The zero-order valence-corrected chi connectivity index (χ0v) is 7.86. The average Bonchev–Trinajstić information content (AvgIpc) is 1.99. The number of aromatic hydroxyl groups is 1. The van der Waals surface area contributed by atoms with Crippen molar-refractivity contribution < 1.29 is 13.9 Å². The first-order valence-corrected chi connectivity index (χ1v) is 4.12. The van der Waals surface area contributed by atoms with E-state index in [0.717, 1.165) is 6.07 Å². The van der Waals surface area contributed by atoms with Gasteiger partial charge in [0.05, 0.1) is 0 Å². The molecule has 1 N–H and O–H groups in total. The molecule has 0 aromatic heterocycles. The smallest absolute Gasteiger partial charge is 0.171 e. The Kier molecular flexibility index (Phi) is 2.55. The van der Waals surface area contributed by atoms with Gasteiger partial charge in [0.25, 0.3) is 0 Å². The number of phenols is 1. The minimum atomic E-state index is -0.840. The molecule has 0 saturated heterocycles. The molecule has 0 atom stereocenters. The topological polar surface area (TPSA) is 20.2 Å². The summed E-state index contributed by atoms with van der Waals surface area (Å²) in [5, 5.41) is 9.22. The Morgan fingerprint density at radius 3 is 2.31 bits per heavy atom. The summed E-state index contributed by atoms with van der Waals surface area (Å²) < 4.78 is 26.5. The van der Waals surface area contributed by atoms with Gasteiger partial charge in [-0.25, -0.2) is 8.78 Å². The van der Waals surface area contributed by atoms with Crippen LogP contribution >= 0.6 is 0 Å². The van der Waals surface area contributed by atoms with Gasteiger partial charge in [-0.1, -0.05) is 13.8 Å². The molecule has 0 heterocycles. The highest BCUT2D eigenvalue weighted by atomic mass is 19.1. The Morgan fingerprint density at radius 1 is 1.31 bits per heavy atom. The van der Waals surface area contributed by atoms with Crippen LogP contribution in [0.1, 0.15) is 30.9 Å². The first-order valence-electron chi connectivity index (χ1n) is 4.12. The SMILES string of the molecule is Cc1cc(F)c(C(C)C)c(F)c1O. The van der Waals surface area contributed by atoms with Crippen molar-refractivity contribution in [3.63, 3.8) is 0 Å². The molecule has 0 amide bonds. The van der Waals surface area contributed by atoms with E-state index in [1.165, 1.54) is 6.92 Å². The lowest BCUT2D eigenvalue weighted by Crippen LogP contribution is -1.99. The maximum Gasteiger partial charge on any atom is 0.171 e. The van der Waals surface area contributed by atoms with Crippen LogP contribution < -0.4 is 0 Å². The van der Waals surface area contributed by atoms with Gasteiger partial charge >= 0.3 is 0 Å². The third-order valence-electron chi connectivity index (χ3n) is 2.00. The van der Waals surface area contributed by atoms with E-state index in [2.05, 4.69) is 0 Å². The molecule has 0 saturated carbocycles. The number of halogens is 2. The van der Waals surface area contributed by atoms with E-state index < -0.39 is 17.4 Å². The Balaban J connectivity index is 3.44. The highest BCUT2D eigenvalue weighted by Gasteiger charge is 2.18. The summed E-state index contributed by atoms with van der Waals surface area (Å²) in [5.74, 6) is -2.16. The zero-order valence-electron chi connectivity index (χ0n) is 7.86. The van der Waals surface area contributed by atoms with Gasteiger partial charge in [-0.15, -0.1) is 0 Å². The van der Waals surface area contributed by atoms with Crippen molar-refractivity contribution in [3.8, 4) is 5.75 Å². The fourth-order valence-corrected chi connectivity index (χ4v) is 1.27. The van der Waals surface area contributed by atoms with E-state index >= 15 is 0 Å². The van der Waals surface area contributed by atoms with E-state index in [-0.39, 0.29) is 17.0 Å². The lowest BCUT2D eigenvalue weighted by atomic mass is 9.99. The Bertz CT molecular complexity index is 332. The summed E-state index contributed by atoms with van der Waals surface area (Å²) in [5.41, 5.74) is 0.169. The molecular weight excluding hydrogens is 174 g/mol. The monoisotopic (exact) mass is 186 g/mol. The number of rotatable bonds is 1. The summed E-state index contributed by atoms with van der Waals surface area (Å²) in [7, 11) is 0. The quantitative estimate of drug-likeness (QED) is 0.714. The lowest BCUT2D eigenvalue weighted by Gasteiger charge is -2.11. The van der Waals surface area contributed by atoms with Crippen LogP contribution in [0.5, 0.6) is 5.75 Å². The molecule has 0 fully saturated rings. The van der Waals surface area contributed by atoms with Crippen molar-refractivity contribution in [3.05, 3.63) is 28.8 Å². The fourth-order valence-electron chi connectivity index (χ4n) is 1.27. The third-order valence-corrected chi connectivity index (χ3v) is 2.00. The van der Waals surface area contributed by atoms with Crippen LogP contribution in [0, 0.1) is 18.6 Å². The maximum absolute atomic E-state index is 13.3. The molecule has 0 aliphatic rings. The third kappa shape index (κ3) is 1.64. The Morgan fingerprint density at radius 2 is 1.85 bits per heavy atom. The molecule has 0 unspecified atom stereocenters. The van der Waals surface area contributed by atoms with Gasteiger partial charge in [-0.05, 0) is 24.5 Å². The second-order valence-electron chi connectivity index (χ2n) is 3.41. The van der Waals surface area contributed by atoms with Crippen molar-refractivity contribution in [2.24, 2.45) is 0 Å². The molecule has 1 rings (SSSR count). The van der Waals surface area contributed by atoms with Gasteiger partial charge in [0, 0.05) is 5.56 Å². The molecule has 0 spiro atoms. The lowest BCUT2D eigenvalue weighted by molar-refractivity contribution is 0.415. The van der Waals surface area contributed by atoms with Crippen molar-refractivity contribution in [1.29, 1.82) is 0 Å². The summed E-state index contributed by atoms with van der Waals surface area (Å²) in [6.45, 7) is 4.82. The largest absolute Gasteiger partial charge is 0.505 e. The van der Waals surface area contributed by atoms with Crippen LogP contribution in [0.3, 0.4) is 0 Å². The number of phenolic OH excluding ortho intramolecular Hbond substituents is 1. The van der Waals surface area contributed by atoms with Crippen LogP contribution in [-0.4, -0.2) is 5.11 Å². The van der Waals surface area contributed by atoms with Crippen LogP contribution in [0.2, 0.25) is 0 Å². The first-order chi connectivity index (χ1) is 5.95. The highest BCUT2D eigenvalue weighted by Crippen LogP contribution is 2.30. The number of benzene rings is 1. The van der Waals surface area contributed by atoms with Crippen molar-refractivity contribution in [2.45, 2.75) is 26.7 Å². The van der Waals surface area contributed by atoms with Gasteiger partial charge in [-0.3, -0.25) is 0 Å². The second-order valence-corrected chi connectivity index (χ2v) is 3.41. The van der Waals surface area contributed by atoms with Gasteiger partial charge in [0.15, 0.2) is 11.6 Å². The molecule has 0 radical (unpaired) electrons. The minimum absolute atomic E-state index is 0.0527. The maximum atomic E-state index is 13.3. The molecule has 1 nitrogen and oxygen atoms in total. The summed E-state index contributed by atoms with van der Waals surface area (Å²) in [6, 6.07) is 1.15. The molecular formula is C10H12F2O. The molecule has 0 bridgehead atoms. The van der Waals surface area contributed by atoms with Gasteiger partial charge in [0.1, 0.15) is 5.82 Å². The van der Waals surface area contributed by atoms with Crippen molar-refractivity contribution >= 4 is 0 Å². The van der Waals surface area contributed by atoms with E-state index in [0.29, 0.717) is 0 Å². The normalized spacial score (nSPS) is 10.9. The van der Waals surface area contributed by atoms with E-state index in [1.807, 2.05) is 0 Å². The molecule has 0 aliphatic carbocycles. The van der Waals surface area contributed by atoms with Crippen LogP contribution in [-0.2, 0) is 0 Å². The van der Waals surface area contributed by atoms with Gasteiger partial charge in [-0.2, -0.15) is 0 Å². The predicted octanol–water partition coefficient (Wildman–Crippen LogP) is 3.10. The molecule has 13 heavy (non-hydrogen) atoms. The Labute approximate surface area is 76.0 Å². The van der Waals surface area contributed by atoms with E-state index in [1.54, 1.807) is 13.8 Å². The van der Waals surface area contributed by atoms with Crippen LogP contribution in [0.4, 0.5) is 8.78 Å². The summed E-state index contributed by atoms with van der Waals surface area (Å²) >= 11 is 0. The van der Waals surface area contributed by atoms with Gasteiger partial charge in [0.2, 0.25) is 0 Å². The van der Waals surface area contributed by atoms with Gasteiger partial charge < -0.3 is 5.11 Å². The van der Waals surface area contributed by atoms with Crippen LogP contribution in [0.25, 0.3) is 0 Å². The zero-order chi connectivity index (χ0) is 10.2. The molecule has 1 aromatic carbocycles. The van der Waals surface area contributed by atoms with Crippen LogP contribution in [0.15, 0.2) is 6.07 Å². The molecule has 1 aromatic rings. The average molecular weight is 186 g/mol. The molecule has 3 heteroatoms. The summed E-state index contributed by atoms with van der Waals surface area (Å²) in [6.07, 6.45) is 0. The standard InChI is InChI=1S/C10H12F2O/c1-5(2)8-7(11)4-6(3)10(13)9(8)12/h4-5,13H,1-3H3. The van der Waals surface area contributed by atoms with Crippen molar-refractivity contribution in [1.82, 2.24) is 0 Å². The minimum Gasteiger partial charge on any atom is -0.505 e. The first kappa shape index (κ1) is 9.96. The van der Waals surface area contributed by atoms with Crippen molar-refractivity contribution in [2.75, 3.05) is 0 Å². The van der Waals surface area contributed by atoms with E-state index in [4.69, 9.17) is 0 Å². The fraction of sp³-hybridized carbons (Fsp3) is 0.400. The summed E-state index contributed by atoms with van der Waals surface area (Å²) in [4.78, 5) is 0. The molecule has 0 aliphatic heterocycles. The number of aryl methyl sites for hydroxylation is 1. The highest BCUT2D eigenvalue weighted by molar-refractivity contribution is 5.39. The molecule has 72 valence electrons. The Hall–Kier alpha value is -1.12. The second kappa shape index (κ2) is 3.32. The number of hydrogen-bond donors (Lipinski definition) is 1. The number of hydrogen-bond acceptors (Lipinski definition) is 1. The predicted molar refractivity (Wildman–Crippen MR) is 46.8 cm³/mol. The van der Waals surface area contributed by atoms with E-state index in [9.17, 15) is 13.9 Å².